The van der Waals surface area contributed by atoms with Gasteiger partial charge in [0.2, 0.25) is 15.8 Å². The lowest BCUT2D eigenvalue weighted by atomic mass is 10.1. The summed E-state index contributed by atoms with van der Waals surface area (Å²) in [5, 5.41) is 7.48. The lowest BCUT2D eigenvalue weighted by Gasteiger charge is -2.31. The van der Waals surface area contributed by atoms with Crippen LogP contribution in [0.4, 0.5) is 0 Å². The van der Waals surface area contributed by atoms with Crippen molar-refractivity contribution in [1.82, 2.24) is 24.4 Å². The van der Waals surface area contributed by atoms with Crippen LogP contribution >= 0.6 is 0 Å². The van der Waals surface area contributed by atoms with E-state index in [0.717, 1.165) is 24.4 Å². The molecule has 9 heteroatoms. The third kappa shape index (κ3) is 4.73. The van der Waals surface area contributed by atoms with Crippen LogP contribution in [-0.4, -0.2) is 58.3 Å². The standard InChI is InChI=1S/C21H29N5O3S/c1-15(2)14-30(28,29)25-12-10-17(11-13-25)22-21(27)19-23-20(16-8-9-16)26(24-19)18-6-4-3-5-7-18/h3-7,15-17H,8-14H2,1-2H3,(H,22,27). The van der Waals surface area contributed by atoms with Crippen LogP contribution in [-0.2, 0) is 10.0 Å². The van der Waals surface area contributed by atoms with E-state index in [0.29, 0.717) is 31.8 Å². The molecule has 1 aliphatic heterocycles. The third-order valence-electron chi connectivity index (χ3n) is 5.51. The van der Waals surface area contributed by atoms with E-state index < -0.39 is 10.0 Å². The number of benzene rings is 1. The number of carbonyl (C=O) groups excluding carboxylic acids is 1. The Labute approximate surface area is 177 Å². The third-order valence-corrected chi connectivity index (χ3v) is 7.74. The van der Waals surface area contributed by atoms with Gasteiger partial charge in [-0.2, -0.15) is 0 Å². The molecule has 1 N–H and O–H groups in total. The van der Waals surface area contributed by atoms with Gasteiger partial charge in [0.05, 0.1) is 11.4 Å². The zero-order valence-corrected chi connectivity index (χ0v) is 18.3. The Kier molecular flexibility index (Phi) is 5.92. The number of nitrogens with one attached hydrogen (secondary N) is 1. The Morgan fingerprint density at radius 3 is 2.40 bits per heavy atom. The maximum absolute atomic E-state index is 12.8. The van der Waals surface area contributed by atoms with Gasteiger partial charge in [-0.1, -0.05) is 32.0 Å². The Bertz CT molecular complexity index is 991. The second-order valence-corrected chi connectivity index (χ2v) is 10.6. The molecular weight excluding hydrogens is 402 g/mol. The molecular formula is C21H29N5O3S. The highest BCUT2D eigenvalue weighted by Crippen LogP contribution is 2.39. The van der Waals surface area contributed by atoms with Crippen LogP contribution in [0.1, 0.15) is 61.9 Å². The maximum atomic E-state index is 12.8. The molecule has 0 bridgehead atoms. The molecule has 30 heavy (non-hydrogen) atoms. The van der Waals surface area contributed by atoms with Crippen LogP contribution in [0.3, 0.4) is 0 Å². The van der Waals surface area contributed by atoms with Crippen LogP contribution in [0, 0.1) is 5.92 Å². The minimum atomic E-state index is -3.23. The summed E-state index contributed by atoms with van der Waals surface area (Å²) in [6, 6.07) is 9.66. The first kappa shape index (κ1) is 21.0. The van der Waals surface area contributed by atoms with Gasteiger partial charge < -0.3 is 5.32 Å². The molecule has 8 nitrogen and oxygen atoms in total. The first-order valence-corrected chi connectivity index (χ1v) is 12.3. The monoisotopic (exact) mass is 431 g/mol. The van der Waals surface area contributed by atoms with Gasteiger partial charge in [0.1, 0.15) is 5.82 Å². The molecule has 1 amide bonds. The van der Waals surface area contributed by atoms with E-state index in [-0.39, 0.29) is 29.4 Å². The van der Waals surface area contributed by atoms with E-state index in [2.05, 4.69) is 15.4 Å². The molecule has 0 unspecified atom stereocenters. The Morgan fingerprint density at radius 1 is 1.13 bits per heavy atom. The van der Waals surface area contributed by atoms with Gasteiger partial charge in [-0.25, -0.2) is 22.4 Å². The fourth-order valence-electron chi connectivity index (χ4n) is 3.84. The van der Waals surface area contributed by atoms with E-state index in [4.69, 9.17) is 0 Å². The van der Waals surface area contributed by atoms with Crippen molar-refractivity contribution in [2.75, 3.05) is 18.8 Å². The zero-order chi connectivity index (χ0) is 21.3. The van der Waals surface area contributed by atoms with E-state index in [1.165, 1.54) is 0 Å². The summed E-state index contributed by atoms with van der Waals surface area (Å²) < 4.78 is 28.1. The van der Waals surface area contributed by atoms with Gasteiger partial charge in [0.25, 0.3) is 5.91 Å². The number of aromatic nitrogens is 3. The van der Waals surface area contributed by atoms with E-state index in [1.54, 1.807) is 8.99 Å². The van der Waals surface area contributed by atoms with Crippen LogP contribution in [0.25, 0.3) is 5.69 Å². The fraction of sp³-hybridized carbons (Fsp3) is 0.571. The first-order valence-electron chi connectivity index (χ1n) is 10.6. The number of hydrogen-bond acceptors (Lipinski definition) is 5. The number of para-hydroxylation sites is 1. The topological polar surface area (TPSA) is 97.2 Å². The zero-order valence-electron chi connectivity index (χ0n) is 17.5. The molecule has 1 saturated heterocycles. The van der Waals surface area contributed by atoms with Gasteiger partial charge in [0, 0.05) is 25.0 Å². The van der Waals surface area contributed by atoms with Crippen molar-refractivity contribution in [2.24, 2.45) is 5.92 Å². The Hall–Kier alpha value is -2.26. The number of rotatable bonds is 7. The number of amides is 1. The summed E-state index contributed by atoms with van der Waals surface area (Å²) in [5.74, 6) is 1.33. The lowest BCUT2D eigenvalue weighted by Crippen LogP contribution is -2.47. The molecule has 2 aliphatic rings. The van der Waals surface area contributed by atoms with E-state index in [1.807, 2.05) is 44.2 Å². The predicted molar refractivity (Wildman–Crippen MR) is 114 cm³/mol. The number of hydrogen-bond donors (Lipinski definition) is 1. The fourth-order valence-corrected chi connectivity index (χ4v) is 5.66. The van der Waals surface area contributed by atoms with Crippen molar-refractivity contribution in [1.29, 1.82) is 0 Å². The highest BCUT2D eigenvalue weighted by molar-refractivity contribution is 7.89. The number of piperidine rings is 1. The van der Waals surface area contributed by atoms with Crippen LogP contribution in [0.2, 0.25) is 0 Å². The molecule has 1 aromatic heterocycles. The minimum absolute atomic E-state index is 0.0731. The Balaban J connectivity index is 1.41. The molecule has 2 fully saturated rings. The number of sulfonamides is 1. The van der Waals surface area contributed by atoms with Crippen LogP contribution in [0.15, 0.2) is 30.3 Å². The average Bonchev–Trinajstić information content (AvgIpc) is 3.46. The van der Waals surface area contributed by atoms with Crippen molar-refractivity contribution in [3.63, 3.8) is 0 Å². The second-order valence-electron chi connectivity index (χ2n) is 8.63. The average molecular weight is 432 g/mol. The van der Waals surface area contributed by atoms with Gasteiger partial charge in [-0.05, 0) is 43.7 Å². The van der Waals surface area contributed by atoms with Crippen LogP contribution in [0.5, 0.6) is 0 Å². The van der Waals surface area contributed by atoms with Crippen molar-refractivity contribution < 1.29 is 13.2 Å². The van der Waals surface area contributed by atoms with Gasteiger partial charge in [-0.15, -0.1) is 5.10 Å². The van der Waals surface area contributed by atoms with Crippen molar-refractivity contribution >= 4 is 15.9 Å². The number of nitrogens with zero attached hydrogens (tertiary/aromatic N) is 4. The Morgan fingerprint density at radius 2 is 1.80 bits per heavy atom. The molecule has 2 aromatic rings. The van der Waals surface area contributed by atoms with E-state index >= 15 is 0 Å². The summed E-state index contributed by atoms with van der Waals surface area (Å²) >= 11 is 0. The summed E-state index contributed by atoms with van der Waals surface area (Å²) in [7, 11) is -3.23. The second kappa shape index (κ2) is 8.47. The number of carbonyl (C=O) groups is 1. The summed E-state index contributed by atoms with van der Waals surface area (Å²) in [5.41, 5.74) is 0.898. The van der Waals surface area contributed by atoms with Crippen LogP contribution < -0.4 is 5.32 Å². The van der Waals surface area contributed by atoms with Crippen molar-refractivity contribution in [3.05, 3.63) is 42.0 Å². The van der Waals surface area contributed by atoms with Gasteiger partial charge in [-0.3, -0.25) is 4.79 Å². The van der Waals surface area contributed by atoms with Gasteiger partial charge in [0.15, 0.2) is 0 Å². The van der Waals surface area contributed by atoms with Crippen molar-refractivity contribution in [2.45, 2.75) is 51.5 Å². The van der Waals surface area contributed by atoms with Crippen molar-refractivity contribution in [3.8, 4) is 5.69 Å². The lowest BCUT2D eigenvalue weighted by molar-refractivity contribution is 0.0913. The summed E-state index contributed by atoms with van der Waals surface area (Å²) in [6.45, 7) is 4.67. The highest BCUT2D eigenvalue weighted by Gasteiger charge is 2.33. The SMILES string of the molecule is CC(C)CS(=O)(=O)N1CCC(NC(=O)c2nc(C3CC3)n(-c3ccccc3)n2)CC1. The van der Waals surface area contributed by atoms with Gasteiger partial charge >= 0.3 is 0 Å². The molecule has 0 spiro atoms. The van der Waals surface area contributed by atoms with E-state index in [9.17, 15) is 13.2 Å². The molecule has 4 rings (SSSR count). The molecule has 2 heterocycles. The summed E-state index contributed by atoms with van der Waals surface area (Å²) in [4.78, 5) is 17.3. The normalized spacial score (nSPS) is 18.6. The summed E-state index contributed by atoms with van der Waals surface area (Å²) in [6.07, 6.45) is 3.32. The molecule has 1 aromatic carbocycles. The quantitative estimate of drug-likeness (QED) is 0.726. The highest BCUT2D eigenvalue weighted by atomic mass is 32.2. The maximum Gasteiger partial charge on any atom is 0.291 e. The molecule has 162 valence electrons. The predicted octanol–water partition coefficient (Wildman–Crippen LogP) is 2.32. The minimum Gasteiger partial charge on any atom is -0.346 e. The largest absolute Gasteiger partial charge is 0.346 e. The smallest absolute Gasteiger partial charge is 0.291 e. The molecule has 1 saturated carbocycles. The molecule has 1 aliphatic carbocycles. The molecule has 0 radical (unpaired) electrons. The molecule has 0 atom stereocenters. The first-order chi connectivity index (χ1) is 14.3.